The lowest BCUT2D eigenvalue weighted by atomic mass is 9.73. The molecule has 0 aromatic heterocycles. The minimum Gasteiger partial charge on any atom is -0.0952 e. The monoisotopic (exact) mass is 1260 g/mol. The van der Waals surface area contributed by atoms with Crippen LogP contribution in [0.2, 0.25) is 0 Å². The van der Waals surface area contributed by atoms with E-state index in [4.69, 9.17) is 0 Å². The van der Waals surface area contributed by atoms with Gasteiger partial charge in [0.15, 0.2) is 0 Å². The molecule has 0 saturated carbocycles. The average Bonchev–Trinajstić information content (AvgIpc) is 0.828. The van der Waals surface area contributed by atoms with Gasteiger partial charge in [0, 0.05) is 0 Å². The summed E-state index contributed by atoms with van der Waals surface area (Å²) < 4.78 is 0. The zero-order valence-corrected chi connectivity index (χ0v) is 68.8. The molecule has 0 heterocycles. The van der Waals surface area contributed by atoms with Crippen molar-refractivity contribution in [2.45, 2.75) is 319 Å². The van der Waals surface area contributed by atoms with Crippen molar-refractivity contribution >= 4 is 0 Å². The Balaban J connectivity index is 0.000000543. The minimum atomic E-state index is 0.225. The van der Waals surface area contributed by atoms with Crippen LogP contribution in [0.1, 0.15) is 306 Å². The molecule has 0 nitrogen and oxygen atoms in total. The molecule has 93 heavy (non-hydrogen) atoms. The first-order valence-electron chi connectivity index (χ1n) is 35.1. The lowest BCUT2D eigenvalue weighted by Gasteiger charge is -2.32. The summed E-state index contributed by atoms with van der Waals surface area (Å²) in [7, 11) is 0. The van der Waals surface area contributed by atoms with Gasteiger partial charge in [-0.1, -0.05) is 259 Å². The van der Waals surface area contributed by atoms with E-state index in [2.05, 4.69) is 352 Å². The second kappa shape index (κ2) is 33.0. The van der Waals surface area contributed by atoms with Crippen molar-refractivity contribution in [3.05, 3.63) is 242 Å². The third-order valence-electron chi connectivity index (χ3n) is 19.2. The third kappa shape index (κ3) is 25.2. The molecule has 7 rings (SSSR count). The topological polar surface area (TPSA) is 0 Å². The Morgan fingerprint density at radius 1 is 0.269 bits per heavy atom. The molecule has 0 spiro atoms. The second-order valence-electron chi connectivity index (χ2n) is 36.0. The van der Waals surface area contributed by atoms with Gasteiger partial charge in [-0.15, -0.1) is 0 Å². The van der Waals surface area contributed by atoms with Gasteiger partial charge in [0.1, 0.15) is 0 Å². The number of hydrogen-bond donors (Lipinski definition) is 0. The highest BCUT2D eigenvalue weighted by Gasteiger charge is 2.28. The van der Waals surface area contributed by atoms with Gasteiger partial charge < -0.3 is 0 Å². The number of aryl methyl sites for hydroxylation is 8. The fourth-order valence-corrected chi connectivity index (χ4v) is 14.8. The van der Waals surface area contributed by atoms with Crippen molar-refractivity contribution < 1.29 is 0 Å². The van der Waals surface area contributed by atoms with Crippen LogP contribution in [-0.2, 0) is 16.2 Å². The maximum atomic E-state index is 4.21. The van der Waals surface area contributed by atoms with Crippen LogP contribution in [0, 0.1) is 90.9 Å². The van der Waals surface area contributed by atoms with E-state index < -0.39 is 0 Å². The highest BCUT2D eigenvalue weighted by molar-refractivity contribution is 5.54. The Morgan fingerprint density at radius 2 is 0.624 bits per heavy atom. The fourth-order valence-electron chi connectivity index (χ4n) is 14.8. The average molecular weight is 1260 g/mol. The summed E-state index contributed by atoms with van der Waals surface area (Å²) in [6.07, 6.45) is 11.1. The molecular formula is C93H144. The van der Waals surface area contributed by atoms with Crippen molar-refractivity contribution in [3.8, 4) is 0 Å². The van der Waals surface area contributed by atoms with Crippen LogP contribution in [0.15, 0.2) is 170 Å². The summed E-state index contributed by atoms with van der Waals surface area (Å²) in [6.45, 7) is 106. The third-order valence-corrected chi connectivity index (χ3v) is 19.2. The van der Waals surface area contributed by atoms with Gasteiger partial charge in [-0.05, 0) is 323 Å². The van der Waals surface area contributed by atoms with Crippen LogP contribution >= 0.6 is 0 Å². The second-order valence-corrected chi connectivity index (χ2v) is 36.0. The summed E-state index contributed by atoms with van der Waals surface area (Å²) in [6, 6.07) is 11.5. The Hall–Kier alpha value is -5.46. The predicted molar refractivity (Wildman–Crippen MR) is 426 cm³/mol. The molecule has 0 unspecified atom stereocenters. The molecule has 0 aliphatic heterocycles. The molecule has 3 aromatic carbocycles. The summed E-state index contributed by atoms with van der Waals surface area (Å²) in [5.41, 5.74) is 44.2. The smallest absolute Gasteiger partial charge is 0.00669 e. The van der Waals surface area contributed by atoms with Crippen LogP contribution in [0.3, 0.4) is 0 Å². The Morgan fingerprint density at radius 3 is 0.978 bits per heavy atom. The number of benzene rings is 3. The van der Waals surface area contributed by atoms with Crippen LogP contribution in [-0.4, -0.2) is 0 Å². The first kappa shape index (κ1) is 85.6. The molecule has 0 bridgehead atoms. The molecule has 0 saturated heterocycles. The normalized spacial score (nSPS) is 16.1. The van der Waals surface area contributed by atoms with Gasteiger partial charge in [0.25, 0.3) is 0 Å². The summed E-state index contributed by atoms with van der Waals surface area (Å²) >= 11 is 0. The van der Waals surface area contributed by atoms with Crippen molar-refractivity contribution in [2.75, 3.05) is 0 Å². The van der Waals surface area contributed by atoms with Crippen LogP contribution in [0.4, 0.5) is 0 Å². The number of rotatable bonds is 0. The largest absolute Gasteiger partial charge is 0.0952 e. The standard InChI is InChI=1S/2C14H22.5C13H20/c2*1-9-8-10(2)13(14(5,6)7)12(4)11(9)3;3*1-9-7-11(3)12(8-10(9)2)13(4,5)6;2*1-9-7-10(2)12(11(3)8-9)13(4,5)6/h8H,1-7H3;2,8H2,1,3-7H3;7-8H,1-6H3;2*8H,3,7H2,1-2,4-6H3;7-8H,1-6H3;8H,2,7H2,1,3-6H3. The zero-order valence-electron chi connectivity index (χ0n) is 68.8. The molecule has 0 N–H and O–H groups in total. The number of hydrogen-bond acceptors (Lipinski definition) is 0. The van der Waals surface area contributed by atoms with Crippen LogP contribution in [0.5, 0.6) is 0 Å². The molecular weight excluding hydrogens is 1120 g/mol. The van der Waals surface area contributed by atoms with Gasteiger partial charge in [-0.2, -0.15) is 0 Å². The van der Waals surface area contributed by atoms with E-state index in [1.165, 1.54) is 167 Å². The van der Waals surface area contributed by atoms with Gasteiger partial charge in [0.05, 0.1) is 0 Å². The van der Waals surface area contributed by atoms with Gasteiger partial charge in [-0.25, -0.2) is 0 Å². The fraction of sp³-hybridized carbons (Fsp3) is 0.548. The number of allylic oxidation sites excluding steroid dienone is 20. The zero-order chi connectivity index (χ0) is 73.3. The first-order valence-corrected chi connectivity index (χ1v) is 35.1. The summed E-state index contributed by atoms with van der Waals surface area (Å²) in [5, 5.41) is 0. The molecule has 0 atom stereocenters. The van der Waals surface area contributed by atoms with E-state index in [9.17, 15) is 0 Å². The molecule has 0 radical (unpaired) electrons. The first-order chi connectivity index (χ1) is 41.6. The highest BCUT2D eigenvalue weighted by atomic mass is 14.3. The van der Waals surface area contributed by atoms with Crippen LogP contribution < -0.4 is 0 Å². The maximum Gasteiger partial charge on any atom is -0.00669 e. The van der Waals surface area contributed by atoms with E-state index in [1.54, 1.807) is 0 Å². The Labute approximate surface area is 579 Å². The van der Waals surface area contributed by atoms with E-state index in [0.717, 1.165) is 25.7 Å². The van der Waals surface area contributed by atoms with Crippen LogP contribution in [0.25, 0.3) is 0 Å². The Kier molecular flexibility index (Phi) is 30.3. The van der Waals surface area contributed by atoms with E-state index in [-0.39, 0.29) is 37.9 Å². The summed E-state index contributed by atoms with van der Waals surface area (Å²) in [5.74, 6) is 0. The minimum absolute atomic E-state index is 0.225. The molecule has 0 amide bonds. The molecule has 4 aliphatic rings. The maximum absolute atomic E-state index is 4.21. The SMILES string of the molecule is C=C1CC(C)=C(C)C(C)=C1C(C)(C)C.C=C1CC(C)=C(C)C=C1C(C)(C)C.C=C1CC(C)=C(C)C=C1C(C)(C)C.C=C1CC(C)=CC(C)=C1C(C)(C)C.Cc1cc(C)c(C(C)(C)C)c(C)c1.Cc1cc(C)c(C(C)(C)C)c(C)c1C.Cc1cc(C)c(C(C)(C)C)cc1C. The predicted octanol–water partition coefficient (Wildman–Crippen LogP) is 29.4. The van der Waals surface area contributed by atoms with Crippen molar-refractivity contribution in [3.63, 3.8) is 0 Å². The van der Waals surface area contributed by atoms with Gasteiger partial charge in [-0.3, -0.25) is 0 Å². The molecule has 3 aromatic rings. The van der Waals surface area contributed by atoms with E-state index in [0.29, 0.717) is 0 Å². The van der Waals surface area contributed by atoms with E-state index in [1.807, 2.05) is 0 Å². The van der Waals surface area contributed by atoms with Crippen molar-refractivity contribution in [1.29, 1.82) is 0 Å². The molecule has 0 heteroatoms. The van der Waals surface area contributed by atoms with Gasteiger partial charge in [0.2, 0.25) is 0 Å². The van der Waals surface area contributed by atoms with Gasteiger partial charge >= 0.3 is 0 Å². The van der Waals surface area contributed by atoms with Crippen molar-refractivity contribution in [1.82, 2.24) is 0 Å². The Bertz CT molecular complexity index is 3420. The molecule has 0 fully saturated rings. The lowest BCUT2D eigenvalue weighted by Crippen LogP contribution is -2.17. The summed E-state index contributed by atoms with van der Waals surface area (Å²) in [4.78, 5) is 0. The molecule has 516 valence electrons. The quantitative estimate of drug-likeness (QED) is 0.210. The van der Waals surface area contributed by atoms with Crippen molar-refractivity contribution in [2.24, 2.45) is 21.7 Å². The van der Waals surface area contributed by atoms with E-state index >= 15 is 0 Å². The molecule has 4 aliphatic carbocycles. The highest BCUT2D eigenvalue weighted by Crippen LogP contribution is 2.44. The lowest BCUT2D eigenvalue weighted by molar-refractivity contribution is 0.501.